The number of para-hydroxylation sites is 1. The van der Waals surface area contributed by atoms with Crippen molar-refractivity contribution in [2.24, 2.45) is 0 Å². The Kier molecular flexibility index (Phi) is 4.49. The second-order valence-corrected chi connectivity index (χ2v) is 7.90. The van der Waals surface area contributed by atoms with E-state index in [9.17, 15) is 8.42 Å². The highest BCUT2D eigenvalue weighted by molar-refractivity contribution is 9.10. The maximum atomic E-state index is 12.5. The van der Waals surface area contributed by atoms with Crippen molar-refractivity contribution in [2.75, 3.05) is 0 Å². The molecule has 0 bridgehead atoms. The summed E-state index contributed by atoms with van der Waals surface area (Å²) < 4.78 is 36.7. The highest BCUT2D eigenvalue weighted by atomic mass is 79.9. The van der Waals surface area contributed by atoms with Crippen molar-refractivity contribution >= 4 is 26.0 Å². The molecule has 23 heavy (non-hydrogen) atoms. The minimum absolute atomic E-state index is 0.165. The van der Waals surface area contributed by atoms with Crippen molar-refractivity contribution in [2.45, 2.75) is 37.9 Å². The van der Waals surface area contributed by atoms with Crippen LogP contribution in [0.1, 0.15) is 23.6 Å². The summed E-state index contributed by atoms with van der Waals surface area (Å²) in [7, 11) is -3.86. The van der Waals surface area contributed by atoms with Gasteiger partial charge in [0.15, 0.2) is 0 Å². The molecule has 0 fully saturated rings. The highest BCUT2D eigenvalue weighted by Crippen LogP contribution is 2.37. The van der Waals surface area contributed by atoms with E-state index in [0.717, 1.165) is 27.6 Å². The van der Waals surface area contributed by atoms with Crippen molar-refractivity contribution in [3.63, 3.8) is 0 Å². The first-order valence-corrected chi connectivity index (χ1v) is 9.57. The summed E-state index contributed by atoms with van der Waals surface area (Å²) >= 11 is 3.40. The third-order valence-electron chi connectivity index (χ3n) is 3.91. The average molecular weight is 397 g/mol. The van der Waals surface area contributed by atoms with E-state index in [1.807, 2.05) is 32.0 Å². The summed E-state index contributed by atoms with van der Waals surface area (Å²) in [5, 5.41) is 0. The molecule has 3 rings (SSSR count). The number of halogens is 1. The van der Waals surface area contributed by atoms with E-state index in [4.69, 9.17) is 8.92 Å². The number of ether oxygens (including phenoxy) is 1. The Bertz CT molecular complexity index is 846. The fraction of sp³-hybridized carbons (Fsp3) is 0.294. The van der Waals surface area contributed by atoms with Crippen LogP contribution in [0, 0.1) is 6.92 Å². The van der Waals surface area contributed by atoms with Gasteiger partial charge < -0.3 is 4.74 Å². The van der Waals surface area contributed by atoms with Gasteiger partial charge in [-0.25, -0.2) is 4.18 Å². The SMILES string of the molecule is CCc1cc(S(=O)(=O)OC2Cc3cccc(Br)c3O2)ccc1C. The number of benzene rings is 2. The van der Waals surface area contributed by atoms with Gasteiger partial charge in [-0.1, -0.05) is 25.1 Å². The predicted octanol–water partition coefficient (Wildman–Crippen LogP) is 3.99. The maximum absolute atomic E-state index is 12.5. The van der Waals surface area contributed by atoms with Crippen LogP contribution in [0.4, 0.5) is 0 Å². The Labute approximate surface area is 144 Å². The lowest BCUT2D eigenvalue weighted by atomic mass is 10.1. The standard InChI is InChI=1S/C17H17BrO4S/c1-3-12-9-14(8-7-11(12)2)23(19,20)22-16-10-13-5-4-6-15(18)17(13)21-16/h4-9,16H,3,10H2,1-2H3. The van der Waals surface area contributed by atoms with Gasteiger partial charge in [0.2, 0.25) is 6.29 Å². The minimum Gasteiger partial charge on any atom is -0.462 e. The zero-order valence-electron chi connectivity index (χ0n) is 12.9. The average Bonchev–Trinajstić information content (AvgIpc) is 2.90. The molecule has 0 aromatic heterocycles. The number of hydrogen-bond acceptors (Lipinski definition) is 4. The molecule has 0 radical (unpaired) electrons. The molecular formula is C17H17BrO4S. The molecule has 0 amide bonds. The van der Waals surface area contributed by atoms with E-state index in [0.29, 0.717) is 12.2 Å². The summed E-state index contributed by atoms with van der Waals surface area (Å²) in [6.45, 7) is 3.96. The Morgan fingerprint density at radius 2 is 2.09 bits per heavy atom. The van der Waals surface area contributed by atoms with Crippen molar-refractivity contribution < 1.29 is 17.3 Å². The summed E-state index contributed by atoms with van der Waals surface area (Å²) in [6, 6.07) is 10.7. The third-order valence-corrected chi connectivity index (χ3v) is 5.83. The molecule has 1 heterocycles. The monoisotopic (exact) mass is 396 g/mol. The molecule has 0 N–H and O–H groups in total. The second-order valence-electron chi connectivity index (χ2n) is 5.47. The zero-order valence-corrected chi connectivity index (χ0v) is 15.3. The van der Waals surface area contributed by atoms with E-state index in [-0.39, 0.29) is 4.90 Å². The molecule has 0 spiro atoms. The van der Waals surface area contributed by atoms with Gasteiger partial charge in [-0.15, -0.1) is 0 Å². The van der Waals surface area contributed by atoms with Crippen molar-refractivity contribution in [3.8, 4) is 5.75 Å². The molecule has 4 nitrogen and oxygen atoms in total. The molecule has 122 valence electrons. The lowest BCUT2D eigenvalue weighted by molar-refractivity contribution is 0.0308. The summed E-state index contributed by atoms with van der Waals surface area (Å²) in [4.78, 5) is 0.165. The predicted molar refractivity (Wildman–Crippen MR) is 91.1 cm³/mol. The summed E-state index contributed by atoms with van der Waals surface area (Å²) in [6.07, 6.45) is 0.341. The van der Waals surface area contributed by atoms with Gasteiger partial charge in [-0.2, -0.15) is 8.42 Å². The number of rotatable bonds is 4. The van der Waals surface area contributed by atoms with Crippen molar-refractivity contribution in [1.29, 1.82) is 0 Å². The number of aryl methyl sites for hydroxylation is 2. The van der Waals surface area contributed by atoms with Gasteiger partial charge >= 0.3 is 0 Å². The van der Waals surface area contributed by atoms with E-state index in [1.54, 1.807) is 18.2 Å². The first-order chi connectivity index (χ1) is 10.9. The fourth-order valence-electron chi connectivity index (χ4n) is 2.63. The summed E-state index contributed by atoms with van der Waals surface area (Å²) in [5.41, 5.74) is 2.99. The highest BCUT2D eigenvalue weighted by Gasteiger charge is 2.30. The van der Waals surface area contributed by atoms with Gasteiger partial charge in [0, 0.05) is 12.0 Å². The number of fused-ring (bicyclic) bond motifs is 1. The van der Waals surface area contributed by atoms with E-state index in [2.05, 4.69) is 15.9 Å². The van der Waals surface area contributed by atoms with Crippen molar-refractivity contribution in [3.05, 3.63) is 57.6 Å². The quantitative estimate of drug-likeness (QED) is 0.733. The van der Waals surface area contributed by atoms with E-state index >= 15 is 0 Å². The van der Waals surface area contributed by atoms with Gasteiger partial charge in [0.1, 0.15) is 5.75 Å². The molecule has 0 aliphatic carbocycles. The molecule has 1 aliphatic rings. The molecule has 0 saturated heterocycles. The molecule has 2 aromatic rings. The Hall–Kier alpha value is -1.37. The van der Waals surface area contributed by atoms with E-state index < -0.39 is 16.4 Å². The van der Waals surface area contributed by atoms with Crippen LogP contribution in [0.5, 0.6) is 5.75 Å². The zero-order chi connectivity index (χ0) is 16.6. The van der Waals surface area contributed by atoms with Gasteiger partial charge in [0.25, 0.3) is 10.1 Å². The molecule has 2 aromatic carbocycles. The molecule has 1 aliphatic heterocycles. The Morgan fingerprint density at radius 3 is 2.78 bits per heavy atom. The van der Waals surface area contributed by atoms with Crippen LogP contribution in [-0.2, 0) is 27.1 Å². The minimum atomic E-state index is -3.86. The normalized spacial score (nSPS) is 16.9. The Morgan fingerprint density at radius 1 is 1.30 bits per heavy atom. The lowest BCUT2D eigenvalue weighted by Gasteiger charge is -2.13. The van der Waals surface area contributed by atoms with Gasteiger partial charge in [-0.05, 0) is 58.6 Å². The molecular weight excluding hydrogens is 380 g/mol. The van der Waals surface area contributed by atoms with Crippen molar-refractivity contribution in [1.82, 2.24) is 0 Å². The fourth-order valence-corrected chi connectivity index (χ4v) is 4.16. The first-order valence-electron chi connectivity index (χ1n) is 7.37. The van der Waals surface area contributed by atoms with E-state index in [1.165, 1.54) is 0 Å². The topological polar surface area (TPSA) is 52.6 Å². The molecule has 0 saturated carbocycles. The van der Waals surface area contributed by atoms with Crippen LogP contribution in [0.15, 0.2) is 45.8 Å². The van der Waals surface area contributed by atoms with Gasteiger partial charge in [-0.3, -0.25) is 0 Å². The molecule has 1 atom stereocenters. The lowest BCUT2D eigenvalue weighted by Crippen LogP contribution is -2.22. The third kappa shape index (κ3) is 3.29. The van der Waals surface area contributed by atoms with Crippen LogP contribution >= 0.6 is 15.9 Å². The van der Waals surface area contributed by atoms with Crippen LogP contribution in [0.25, 0.3) is 0 Å². The first kappa shape index (κ1) is 16.5. The number of hydrogen-bond donors (Lipinski definition) is 0. The van der Waals surface area contributed by atoms with Gasteiger partial charge in [0.05, 0.1) is 9.37 Å². The largest absolute Gasteiger partial charge is 0.462 e. The Balaban J connectivity index is 1.82. The molecule has 1 unspecified atom stereocenters. The van der Waals surface area contributed by atoms with Crippen LogP contribution in [-0.4, -0.2) is 14.7 Å². The maximum Gasteiger partial charge on any atom is 0.300 e. The van der Waals surface area contributed by atoms with Crippen LogP contribution in [0.2, 0.25) is 0 Å². The molecule has 6 heteroatoms. The van der Waals surface area contributed by atoms with Crippen LogP contribution < -0.4 is 4.74 Å². The smallest absolute Gasteiger partial charge is 0.300 e. The summed E-state index contributed by atoms with van der Waals surface area (Å²) in [5.74, 6) is 0.644. The van der Waals surface area contributed by atoms with Crippen LogP contribution in [0.3, 0.4) is 0 Å². The second kappa shape index (κ2) is 6.26.